The summed E-state index contributed by atoms with van der Waals surface area (Å²) in [6.07, 6.45) is -4.79. The molecule has 23 heteroatoms. The third-order valence-corrected chi connectivity index (χ3v) is 19.9. The molecule has 7 aliphatic rings. The molecule has 0 spiro atoms. The SMILES string of the molecule is CCC(C)(C)C(=O)OC1(C(O)(C(F)(F)F)C(F)(F)F)CCCC1.CCC(C)(C)C(=O)OC12CC3CC(C(C)(C)O)(C1)CC(C(C)(C)O)(C3)C2.CCC(C)(C)C(=O)OC1CCC(C)(OC(=O)CC(=O)O)CC1.CCC(C)(C)C(=O)OC1CCOC1=O. The second-order valence-electron chi connectivity index (χ2n) is 29.0. The van der Waals surface area contributed by atoms with Gasteiger partial charge < -0.3 is 48.8 Å². The van der Waals surface area contributed by atoms with Gasteiger partial charge in [0, 0.05) is 17.3 Å². The van der Waals surface area contributed by atoms with Gasteiger partial charge in [-0.3, -0.25) is 28.8 Å². The predicted molar refractivity (Wildman–Crippen MR) is 299 cm³/mol. The molecule has 3 atom stereocenters. The van der Waals surface area contributed by atoms with Gasteiger partial charge in [0.2, 0.25) is 6.10 Å². The highest BCUT2D eigenvalue weighted by atomic mass is 19.4. The van der Waals surface area contributed by atoms with Crippen LogP contribution in [0.25, 0.3) is 0 Å². The van der Waals surface area contributed by atoms with Gasteiger partial charge in [0.15, 0.2) is 5.60 Å². The number of carboxylic acid groups (broad SMARTS) is 1. The molecular formula is C62H100F6O17. The molecule has 7 rings (SSSR count). The molecule has 6 aliphatic carbocycles. The van der Waals surface area contributed by atoms with Crippen molar-refractivity contribution in [2.24, 2.45) is 38.4 Å². The van der Waals surface area contributed by atoms with E-state index in [4.69, 9.17) is 33.5 Å². The lowest BCUT2D eigenvalue weighted by molar-refractivity contribution is -0.412. The Morgan fingerprint density at radius 2 is 0.953 bits per heavy atom. The van der Waals surface area contributed by atoms with Crippen molar-refractivity contribution in [3.8, 4) is 0 Å². The van der Waals surface area contributed by atoms with E-state index in [-0.39, 0.29) is 54.1 Å². The Morgan fingerprint density at radius 1 is 0.553 bits per heavy atom. The first kappa shape index (κ1) is 75.0. The van der Waals surface area contributed by atoms with E-state index >= 15 is 0 Å². The van der Waals surface area contributed by atoms with E-state index in [1.165, 1.54) is 13.8 Å². The summed E-state index contributed by atoms with van der Waals surface area (Å²) in [5.41, 5.74) is -14.5. The van der Waals surface area contributed by atoms with E-state index in [2.05, 4.69) is 0 Å². The van der Waals surface area contributed by atoms with Crippen LogP contribution in [0.4, 0.5) is 26.3 Å². The number of carboxylic acids is 1. The van der Waals surface area contributed by atoms with Gasteiger partial charge in [-0.25, -0.2) is 4.79 Å². The van der Waals surface area contributed by atoms with Gasteiger partial charge in [-0.05, 0) is 212 Å². The Balaban J connectivity index is 0.000000303. The maximum Gasteiger partial charge on any atom is 0.430 e. The van der Waals surface area contributed by atoms with Gasteiger partial charge in [-0.15, -0.1) is 0 Å². The van der Waals surface area contributed by atoms with Crippen LogP contribution in [-0.4, -0.2) is 127 Å². The fourth-order valence-corrected chi connectivity index (χ4v) is 12.3. The number of aliphatic hydroxyl groups is 3. The predicted octanol–water partition coefficient (Wildman–Crippen LogP) is 12.3. The summed E-state index contributed by atoms with van der Waals surface area (Å²) in [5, 5.41) is 40.5. The van der Waals surface area contributed by atoms with E-state index in [0.29, 0.717) is 70.3 Å². The minimum Gasteiger partial charge on any atom is -0.481 e. The van der Waals surface area contributed by atoms with Gasteiger partial charge in [-0.1, -0.05) is 27.7 Å². The quantitative estimate of drug-likeness (QED) is 0.0430. The lowest BCUT2D eigenvalue weighted by Gasteiger charge is -2.70. The minimum absolute atomic E-state index is 0.00565. The van der Waals surface area contributed by atoms with Crippen LogP contribution in [0.5, 0.6) is 0 Å². The van der Waals surface area contributed by atoms with Crippen LogP contribution in [0.2, 0.25) is 0 Å². The number of alkyl halides is 6. The maximum atomic E-state index is 13.2. The molecule has 0 aromatic carbocycles. The van der Waals surface area contributed by atoms with E-state index in [0.717, 1.165) is 32.1 Å². The number of cyclic esters (lactones) is 1. The van der Waals surface area contributed by atoms with Crippen molar-refractivity contribution in [1.82, 2.24) is 0 Å². The van der Waals surface area contributed by atoms with Crippen molar-refractivity contribution in [3.63, 3.8) is 0 Å². The summed E-state index contributed by atoms with van der Waals surface area (Å²) in [4.78, 5) is 81.6. The third-order valence-electron chi connectivity index (χ3n) is 19.9. The second-order valence-corrected chi connectivity index (χ2v) is 29.0. The first-order valence-corrected chi connectivity index (χ1v) is 30.1. The number of hydrogen-bond donors (Lipinski definition) is 4. The fraction of sp³-hybridized carbons (Fsp3) is 0.887. The smallest absolute Gasteiger partial charge is 0.430 e. The molecule has 1 heterocycles. The van der Waals surface area contributed by atoms with Crippen LogP contribution in [0, 0.1) is 38.4 Å². The summed E-state index contributed by atoms with van der Waals surface area (Å²) in [5.74, 6) is -3.81. The Hall–Kier alpha value is -4.25. The van der Waals surface area contributed by atoms with Gasteiger partial charge in [-0.2, -0.15) is 26.3 Å². The van der Waals surface area contributed by atoms with Crippen molar-refractivity contribution in [1.29, 1.82) is 0 Å². The highest BCUT2D eigenvalue weighted by molar-refractivity contribution is 5.90. The van der Waals surface area contributed by atoms with Crippen LogP contribution in [0.15, 0.2) is 0 Å². The number of esters is 6. The van der Waals surface area contributed by atoms with Crippen LogP contribution in [0.3, 0.4) is 0 Å². The normalized spacial score (nSPS) is 27.7. The van der Waals surface area contributed by atoms with Gasteiger partial charge in [0.25, 0.3) is 5.60 Å². The van der Waals surface area contributed by atoms with Crippen molar-refractivity contribution >= 4 is 41.8 Å². The molecule has 6 saturated carbocycles. The summed E-state index contributed by atoms with van der Waals surface area (Å²) < 4.78 is 111. The highest BCUT2D eigenvalue weighted by Crippen LogP contribution is 2.72. The monoisotopic (exact) mass is 1230 g/mol. The van der Waals surface area contributed by atoms with Gasteiger partial charge >= 0.3 is 54.1 Å². The lowest BCUT2D eigenvalue weighted by atomic mass is 9.37. The number of halogens is 6. The standard InChI is InChI=1S/C22H38O4.C16H26O6.C14H20F6O3.C10H16O4/c1-8-17(2,3)16(23)26-22-11-15-9-20(13-22,18(4,5)24)12-21(10-15,14-22)19(6,7)25;1-5-15(2,3)14(20)21-11-6-8-16(4,9-7-11)22-13(19)10-12(17)18;1-4-10(2,3)9(21)23-11(7-5-6-8-11)12(22,13(15,16)17)14(18,19)20;1-4-10(2,3)9(12)14-7-5-6-13-8(7)11/h15,24-25H,8-14H2,1-7H3;11H,5-10H2,1-4H3,(H,17,18);22H,4-8H2,1-3H3;7H,4-6H2,1-3H3. The first-order chi connectivity index (χ1) is 38.3. The summed E-state index contributed by atoms with van der Waals surface area (Å²) in [6, 6.07) is 0. The molecule has 0 radical (unpaired) electrons. The average Bonchev–Trinajstić information content (AvgIpc) is 1.83. The first-order valence-electron chi connectivity index (χ1n) is 30.1. The van der Waals surface area contributed by atoms with Crippen molar-refractivity contribution in [2.45, 2.75) is 304 Å². The number of ether oxygens (including phenoxy) is 6. The molecule has 0 aromatic heterocycles. The Morgan fingerprint density at radius 3 is 1.32 bits per heavy atom. The Labute approximate surface area is 498 Å². The van der Waals surface area contributed by atoms with Crippen LogP contribution in [-0.2, 0) is 62.0 Å². The average molecular weight is 1230 g/mol. The molecule has 85 heavy (non-hydrogen) atoms. The molecule has 4 bridgehead atoms. The van der Waals surface area contributed by atoms with Crippen LogP contribution in [0.1, 0.15) is 246 Å². The van der Waals surface area contributed by atoms with Crippen molar-refractivity contribution in [3.05, 3.63) is 0 Å². The van der Waals surface area contributed by atoms with Gasteiger partial charge in [0.1, 0.15) is 23.7 Å². The molecule has 7 fully saturated rings. The Kier molecular flexibility index (Phi) is 23.3. The summed E-state index contributed by atoms with van der Waals surface area (Å²) >= 11 is 0. The molecular weight excluding hydrogens is 1130 g/mol. The van der Waals surface area contributed by atoms with Gasteiger partial charge in [0.05, 0.1) is 39.5 Å². The number of hydrogen-bond acceptors (Lipinski definition) is 16. The van der Waals surface area contributed by atoms with E-state index in [1.807, 2.05) is 76.2 Å². The molecule has 0 amide bonds. The summed E-state index contributed by atoms with van der Waals surface area (Å²) in [6.45, 7) is 31.1. The zero-order valence-corrected chi connectivity index (χ0v) is 53.4. The number of carbonyl (C=O) groups is 7. The van der Waals surface area contributed by atoms with E-state index in [1.54, 1.807) is 27.7 Å². The molecule has 0 aromatic rings. The van der Waals surface area contributed by atoms with Crippen molar-refractivity contribution < 1.29 is 109 Å². The molecule has 1 saturated heterocycles. The fourth-order valence-electron chi connectivity index (χ4n) is 12.3. The zero-order chi connectivity index (χ0) is 65.9. The topological polar surface area (TPSA) is 256 Å². The third kappa shape index (κ3) is 17.1. The zero-order valence-electron chi connectivity index (χ0n) is 53.4. The molecule has 4 N–H and O–H groups in total. The van der Waals surface area contributed by atoms with E-state index in [9.17, 15) is 75.2 Å². The Bertz CT molecular complexity index is 2320. The summed E-state index contributed by atoms with van der Waals surface area (Å²) in [7, 11) is 0. The van der Waals surface area contributed by atoms with Crippen LogP contribution >= 0.6 is 0 Å². The number of aliphatic carboxylic acids is 1. The largest absolute Gasteiger partial charge is 0.481 e. The molecule has 492 valence electrons. The van der Waals surface area contributed by atoms with E-state index < -0.39 is 117 Å². The lowest BCUT2D eigenvalue weighted by Crippen LogP contribution is -2.71. The minimum atomic E-state index is -6.02. The molecule has 17 nitrogen and oxygen atoms in total. The molecule has 3 unspecified atom stereocenters. The van der Waals surface area contributed by atoms with Crippen LogP contribution < -0.4 is 0 Å². The molecule has 1 aliphatic heterocycles. The number of carbonyl (C=O) groups excluding carboxylic acids is 6. The highest BCUT2D eigenvalue weighted by Gasteiger charge is 2.81. The number of rotatable bonds is 18. The maximum absolute atomic E-state index is 13.2. The second kappa shape index (κ2) is 26.4. The van der Waals surface area contributed by atoms with Crippen molar-refractivity contribution in [2.75, 3.05) is 6.61 Å².